The van der Waals surface area contributed by atoms with Gasteiger partial charge in [-0.3, -0.25) is 9.59 Å². The molecule has 0 saturated heterocycles. The summed E-state index contributed by atoms with van der Waals surface area (Å²) >= 11 is 6.25. The van der Waals surface area contributed by atoms with Gasteiger partial charge < -0.3 is 15.5 Å². The van der Waals surface area contributed by atoms with Crippen molar-refractivity contribution < 1.29 is 9.59 Å². The van der Waals surface area contributed by atoms with Crippen LogP contribution in [0, 0.1) is 0 Å². The zero-order valence-corrected chi connectivity index (χ0v) is 16.5. The van der Waals surface area contributed by atoms with E-state index in [9.17, 15) is 9.59 Å². The Kier molecular flexibility index (Phi) is 8.39. The Bertz CT molecular complexity index is 661. The fraction of sp³-hybridized carbons (Fsp3) is 0.400. The predicted molar refractivity (Wildman–Crippen MR) is 109 cm³/mol. The average Bonchev–Trinajstić information content (AvgIpc) is 2.59. The second-order valence-corrected chi connectivity index (χ2v) is 7.02. The van der Waals surface area contributed by atoms with Gasteiger partial charge in [0.1, 0.15) is 0 Å². The topological polar surface area (TPSA) is 61.4 Å². The van der Waals surface area contributed by atoms with Crippen LogP contribution in [-0.2, 0) is 4.79 Å². The Labute approximate surface area is 161 Å². The minimum Gasteiger partial charge on any atom is -0.376 e. The molecule has 0 fully saturated rings. The lowest BCUT2D eigenvalue weighted by atomic mass is 10.0. The number of nitrogens with zero attached hydrogens (tertiary/aromatic N) is 1. The van der Waals surface area contributed by atoms with Gasteiger partial charge in [0, 0.05) is 24.3 Å². The number of rotatable bonds is 10. The standard InChI is InChI=1S/C20H28ClN3O2/c1-6-11-24(12-7-2)18(25)14-22-15-9-10-16(17(21)13-15)19(26)23-20(4,5)8-3/h6-7,9-10,13,22H,1-2,8,11-12,14H2,3-5H3,(H,23,26). The van der Waals surface area contributed by atoms with E-state index in [1.54, 1.807) is 35.3 Å². The minimum absolute atomic E-state index is 0.0764. The molecule has 0 aliphatic carbocycles. The van der Waals surface area contributed by atoms with Crippen molar-refractivity contribution in [1.29, 1.82) is 0 Å². The molecule has 0 aliphatic rings. The molecule has 5 nitrogen and oxygen atoms in total. The number of carbonyl (C=O) groups is 2. The first kappa shape index (κ1) is 21.8. The molecule has 0 spiro atoms. The summed E-state index contributed by atoms with van der Waals surface area (Å²) in [6.07, 6.45) is 4.15. The second kappa shape index (κ2) is 10.0. The minimum atomic E-state index is -0.302. The summed E-state index contributed by atoms with van der Waals surface area (Å²) in [7, 11) is 0. The first-order valence-electron chi connectivity index (χ1n) is 8.59. The Morgan fingerprint density at radius 2 is 1.85 bits per heavy atom. The summed E-state index contributed by atoms with van der Waals surface area (Å²) in [5, 5.41) is 6.32. The van der Waals surface area contributed by atoms with Gasteiger partial charge in [-0.2, -0.15) is 0 Å². The van der Waals surface area contributed by atoms with Crippen LogP contribution in [-0.4, -0.2) is 41.9 Å². The van der Waals surface area contributed by atoms with Gasteiger partial charge in [-0.15, -0.1) is 13.2 Å². The van der Waals surface area contributed by atoms with Gasteiger partial charge in [0.2, 0.25) is 5.91 Å². The monoisotopic (exact) mass is 377 g/mol. The third-order valence-corrected chi connectivity index (χ3v) is 4.36. The van der Waals surface area contributed by atoms with E-state index in [1.807, 2.05) is 20.8 Å². The van der Waals surface area contributed by atoms with Crippen LogP contribution in [0.2, 0.25) is 5.02 Å². The van der Waals surface area contributed by atoms with Crippen LogP contribution in [0.4, 0.5) is 5.69 Å². The molecule has 2 amide bonds. The smallest absolute Gasteiger partial charge is 0.253 e. The van der Waals surface area contributed by atoms with Crippen molar-refractivity contribution in [2.75, 3.05) is 25.0 Å². The Balaban J connectivity index is 2.75. The molecular formula is C20H28ClN3O2. The molecule has 6 heteroatoms. The molecule has 0 bridgehead atoms. The van der Waals surface area contributed by atoms with E-state index in [0.717, 1.165) is 6.42 Å². The molecule has 0 atom stereocenters. The number of carbonyl (C=O) groups excluding carboxylic acids is 2. The van der Waals surface area contributed by atoms with E-state index < -0.39 is 0 Å². The number of benzene rings is 1. The van der Waals surface area contributed by atoms with Crippen molar-refractivity contribution in [2.24, 2.45) is 0 Å². The summed E-state index contributed by atoms with van der Waals surface area (Å²) < 4.78 is 0. The van der Waals surface area contributed by atoms with Crippen LogP contribution in [0.3, 0.4) is 0 Å². The van der Waals surface area contributed by atoms with Gasteiger partial charge >= 0.3 is 0 Å². The summed E-state index contributed by atoms with van der Waals surface area (Å²) in [4.78, 5) is 26.2. The van der Waals surface area contributed by atoms with Crippen molar-refractivity contribution in [1.82, 2.24) is 10.2 Å². The second-order valence-electron chi connectivity index (χ2n) is 6.62. The first-order chi connectivity index (χ1) is 12.2. The summed E-state index contributed by atoms with van der Waals surface area (Å²) in [6, 6.07) is 5.04. The molecule has 1 aromatic carbocycles. The molecule has 0 radical (unpaired) electrons. The lowest BCUT2D eigenvalue weighted by molar-refractivity contribution is -0.128. The van der Waals surface area contributed by atoms with Crippen molar-refractivity contribution in [3.8, 4) is 0 Å². The highest BCUT2D eigenvalue weighted by molar-refractivity contribution is 6.34. The van der Waals surface area contributed by atoms with E-state index in [2.05, 4.69) is 23.8 Å². The van der Waals surface area contributed by atoms with E-state index in [1.165, 1.54) is 0 Å². The largest absolute Gasteiger partial charge is 0.376 e. The lowest BCUT2D eigenvalue weighted by Gasteiger charge is -2.24. The quantitative estimate of drug-likeness (QED) is 0.608. The van der Waals surface area contributed by atoms with Crippen molar-refractivity contribution >= 4 is 29.1 Å². The maximum atomic E-state index is 12.4. The van der Waals surface area contributed by atoms with Gasteiger partial charge in [0.05, 0.1) is 17.1 Å². The summed E-state index contributed by atoms with van der Waals surface area (Å²) in [6.45, 7) is 14.3. The maximum absolute atomic E-state index is 12.4. The predicted octanol–water partition coefficient (Wildman–Crippen LogP) is 3.87. The SMILES string of the molecule is C=CCN(CC=C)C(=O)CNc1ccc(C(=O)NC(C)(C)CC)c(Cl)c1. The van der Waals surface area contributed by atoms with Crippen molar-refractivity contribution in [3.05, 3.63) is 54.1 Å². The van der Waals surface area contributed by atoms with Crippen molar-refractivity contribution in [3.63, 3.8) is 0 Å². The van der Waals surface area contributed by atoms with Crippen LogP contribution in [0.5, 0.6) is 0 Å². The van der Waals surface area contributed by atoms with Crippen LogP contribution in [0.1, 0.15) is 37.6 Å². The fourth-order valence-electron chi connectivity index (χ4n) is 2.15. The van der Waals surface area contributed by atoms with Gasteiger partial charge in [-0.1, -0.05) is 30.7 Å². The molecule has 1 rings (SSSR count). The number of halogens is 1. The number of nitrogens with one attached hydrogen (secondary N) is 2. The Morgan fingerprint density at radius 3 is 2.35 bits per heavy atom. The molecule has 0 saturated carbocycles. The fourth-order valence-corrected chi connectivity index (χ4v) is 2.42. The average molecular weight is 378 g/mol. The summed E-state index contributed by atoms with van der Waals surface area (Å²) in [5.74, 6) is -0.292. The van der Waals surface area contributed by atoms with E-state index >= 15 is 0 Å². The highest BCUT2D eigenvalue weighted by Crippen LogP contribution is 2.22. The molecule has 0 aliphatic heterocycles. The Hall–Kier alpha value is -2.27. The van der Waals surface area contributed by atoms with Gasteiger partial charge in [-0.25, -0.2) is 0 Å². The summed E-state index contributed by atoms with van der Waals surface area (Å²) in [5.41, 5.74) is 0.778. The highest BCUT2D eigenvalue weighted by atomic mass is 35.5. The molecule has 0 aromatic heterocycles. The van der Waals surface area contributed by atoms with Crippen molar-refractivity contribution in [2.45, 2.75) is 32.7 Å². The number of hydrogen-bond acceptors (Lipinski definition) is 3. The van der Waals surface area contributed by atoms with E-state index in [4.69, 9.17) is 11.6 Å². The molecule has 0 unspecified atom stereocenters. The molecular weight excluding hydrogens is 350 g/mol. The normalized spacial score (nSPS) is 10.8. The van der Waals surface area contributed by atoms with E-state index in [0.29, 0.717) is 29.4 Å². The first-order valence-corrected chi connectivity index (χ1v) is 8.97. The molecule has 2 N–H and O–H groups in total. The van der Waals surface area contributed by atoms with E-state index in [-0.39, 0.29) is 23.9 Å². The number of hydrogen-bond donors (Lipinski definition) is 2. The molecule has 26 heavy (non-hydrogen) atoms. The van der Waals surface area contributed by atoms with Gasteiger partial charge in [0.25, 0.3) is 5.91 Å². The van der Waals surface area contributed by atoms with Crippen LogP contribution in [0.15, 0.2) is 43.5 Å². The third kappa shape index (κ3) is 6.56. The highest BCUT2D eigenvalue weighted by Gasteiger charge is 2.20. The zero-order chi connectivity index (χ0) is 19.7. The molecule has 142 valence electrons. The number of amides is 2. The zero-order valence-electron chi connectivity index (χ0n) is 15.8. The molecule has 1 aromatic rings. The third-order valence-electron chi connectivity index (χ3n) is 4.04. The molecule has 0 heterocycles. The van der Waals surface area contributed by atoms with Crippen LogP contribution in [0.25, 0.3) is 0 Å². The van der Waals surface area contributed by atoms with Gasteiger partial charge in [0.15, 0.2) is 0 Å². The Morgan fingerprint density at radius 1 is 1.23 bits per heavy atom. The van der Waals surface area contributed by atoms with Gasteiger partial charge in [-0.05, 0) is 38.5 Å². The van der Waals surface area contributed by atoms with Crippen LogP contribution >= 0.6 is 11.6 Å². The lowest BCUT2D eigenvalue weighted by Crippen LogP contribution is -2.42. The number of anilines is 1. The maximum Gasteiger partial charge on any atom is 0.253 e. The van der Waals surface area contributed by atoms with Crippen LogP contribution < -0.4 is 10.6 Å².